The van der Waals surface area contributed by atoms with Gasteiger partial charge in [0.15, 0.2) is 0 Å². The lowest BCUT2D eigenvalue weighted by atomic mass is 9.96. The van der Waals surface area contributed by atoms with Gasteiger partial charge in [0.1, 0.15) is 0 Å². The highest BCUT2D eigenvalue weighted by Crippen LogP contribution is 2.14. The van der Waals surface area contributed by atoms with Gasteiger partial charge in [-0.3, -0.25) is 0 Å². The summed E-state index contributed by atoms with van der Waals surface area (Å²) in [6.07, 6.45) is 4.02. The molecule has 1 aromatic carbocycles. The van der Waals surface area contributed by atoms with Crippen LogP contribution < -0.4 is 10.6 Å². The molecule has 0 saturated carbocycles. The van der Waals surface area contributed by atoms with Crippen molar-refractivity contribution in [3.8, 4) is 0 Å². The molecule has 1 aromatic rings. The first-order chi connectivity index (χ1) is 7.45. The molecular formula is C13H20N2. The fourth-order valence-electron chi connectivity index (χ4n) is 2.15. The van der Waals surface area contributed by atoms with Crippen LogP contribution in [0.5, 0.6) is 0 Å². The molecule has 0 aromatic heterocycles. The molecular weight excluding hydrogens is 184 g/mol. The van der Waals surface area contributed by atoms with E-state index in [-0.39, 0.29) is 0 Å². The van der Waals surface area contributed by atoms with Gasteiger partial charge < -0.3 is 10.6 Å². The van der Waals surface area contributed by atoms with Crippen LogP contribution >= 0.6 is 0 Å². The lowest BCUT2D eigenvalue weighted by molar-refractivity contribution is 0.364. The van der Waals surface area contributed by atoms with Crippen LogP contribution in [-0.4, -0.2) is 19.6 Å². The second kappa shape index (κ2) is 5.76. The minimum absolute atomic E-state index is 0.870. The Labute approximate surface area is 92.1 Å². The molecule has 1 fully saturated rings. The van der Waals surface area contributed by atoms with Gasteiger partial charge in [0, 0.05) is 12.2 Å². The van der Waals surface area contributed by atoms with Crippen LogP contribution in [0, 0.1) is 5.92 Å². The van der Waals surface area contributed by atoms with Crippen molar-refractivity contribution in [2.45, 2.75) is 19.3 Å². The first kappa shape index (κ1) is 10.5. The minimum Gasteiger partial charge on any atom is -0.385 e. The molecule has 1 atom stereocenters. The van der Waals surface area contributed by atoms with Crippen LogP contribution in [0.2, 0.25) is 0 Å². The molecule has 0 aliphatic carbocycles. The van der Waals surface area contributed by atoms with Gasteiger partial charge in [-0.25, -0.2) is 0 Å². The van der Waals surface area contributed by atoms with Crippen LogP contribution in [0.3, 0.4) is 0 Å². The average Bonchev–Trinajstić information content (AvgIpc) is 2.32. The zero-order chi connectivity index (χ0) is 10.3. The first-order valence-electron chi connectivity index (χ1n) is 5.95. The van der Waals surface area contributed by atoms with Crippen LogP contribution in [-0.2, 0) is 0 Å². The van der Waals surface area contributed by atoms with Gasteiger partial charge in [0.2, 0.25) is 0 Å². The van der Waals surface area contributed by atoms with Gasteiger partial charge >= 0.3 is 0 Å². The molecule has 0 amide bonds. The van der Waals surface area contributed by atoms with Crippen molar-refractivity contribution >= 4 is 5.69 Å². The van der Waals surface area contributed by atoms with Crippen molar-refractivity contribution in [1.29, 1.82) is 0 Å². The van der Waals surface area contributed by atoms with E-state index in [1.165, 1.54) is 38.0 Å². The number of anilines is 1. The Morgan fingerprint density at radius 3 is 2.87 bits per heavy atom. The highest BCUT2D eigenvalue weighted by Gasteiger charge is 2.11. The van der Waals surface area contributed by atoms with Crippen molar-refractivity contribution in [1.82, 2.24) is 5.32 Å². The molecule has 1 heterocycles. The zero-order valence-electron chi connectivity index (χ0n) is 9.21. The fourth-order valence-corrected chi connectivity index (χ4v) is 2.15. The summed E-state index contributed by atoms with van der Waals surface area (Å²) in [5.41, 5.74) is 1.24. The summed E-state index contributed by atoms with van der Waals surface area (Å²) < 4.78 is 0. The summed E-state index contributed by atoms with van der Waals surface area (Å²) in [7, 11) is 0. The molecule has 2 N–H and O–H groups in total. The van der Waals surface area contributed by atoms with E-state index in [0.717, 1.165) is 12.5 Å². The van der Waals surface area contributed by atoms with E-state index < -0.39 is 0 Å². The SMILES string of the molecule is c1ccc(NCCC2CCCNC2)cc1. The van der Waals surface area contributed by atoms with Crippen molar-refractivity contribution in [2.24, 2.45) is 5.92 Å². The van der Waals surface area contributed by atoms with Gasteiger partial charge in [-0.15, -0.1) is 0 Å². The smallest absolute Gasteiger partial charge is 0.0340 e. The number of hydrogen-bond donors (Lipinski definition) is 2. The van der Waals surface area contributed by atoms with Gasteiger partial charge in [0.05, 0.1) is 0 Å². The number of rotatable bonds is 4. The third-order valence-electron chi connectivity index (χ3n) is 3.05. The predicted octanol–water partition coefficient (Wildman–Crippen LogP) is 2.49. The first-order valence-corrected chi connectivity index (χ1v) is 5.95. The van der Waals surface area contributed by atoms with Crippen LogP contribution in [0.1, 0.15) is 19.3 Å². The molecule has 1 saturated heterocycles. The van der Waals surface area contributed by atoms with Crippen molar-refractivity contribution in [3.05, 3.63) is 30.3 Å². The standard InChI is InChI=1S/C13H20N2/c1-2-6-13(7-3-1)15-10-8-12-5-4-9-14-11-12/h1-3,6-7,12,14-15H,4-5,8-11H2. The Balaban J connectivity index is 1.66. The van der Waals surface area contributed by atoms with E-state index in [1.54, 1.807) is 0 Å². The highest BCUT2D eigenvalue weighted by molar-refractivity contribution is 5.42. The monoisotopic (exact) mass is 204 g/mol. The topological polar surface area (TPSA) is 24.1 Å². The molecule has 82 valence electrons. The summed E-state index contributed by atoms with van der Waals surface area (Å²) in [6, 6.07) is 10.4. The molecule has 15 heavy (non-hydrogen) atoms. The molecule has 0 spiro atoms. The summed E-state index contributed by atoms with van der Waals surface area (Å²) in [5.74, 6) is 0.870. The minimum atomic E-state index is 0.870. The van der Waals surface area contributed by atoms with Gasteiger partial charge in [-0.05, 0) is 50.4 Å². The van der Waals surface area contributed by atoms with Gasteiger partial charge in [0.25, 0.3) is 0 Å². The van der Waals surface area contributed by atoms with E-state index in [0.29, 0.717) is 0 Å². The molecule has 2 nitrogen and oxygen atoms in total. The molecule has 2 heteroatoms. The number of nitrogens with one attached hydrogen (secondary N) is 2. The molecule has 0 radical (unpaired) electrons. The molecule has 2 rings (SSSR count). The van der Waals surface area contributed by atoms with Gasteiger partial charge in [-0.2, -0.15) is 0 Å². The van der Waals surface area contributed by atoms with Crippen LogP contribution in [0.25, 0.3) is 0 Å². The Morgan fingerprint density at radius 2 is 2.13 bits per heavy atom. The Hall–Kier alpha value is -1.02. The quantitative estimate of drug-likeness (QED) is 0.787. The van der Waals surface area contributed by atoms with Crippen molar-refractivity contribution in [2.75, 3.05) is 25.0 Å². The maximum Gasteiger partial charge on any atom is 0.0340 e. The Kier molecular flexibility index (Phi) is 4.03. The maximum atomic E-state index is 3.46. The maximum absolute atomic E-state index is 3.46. The third-order valence-corrected chi connectivity index (χ3v) is 3.05. The third kappa shape index (κ3) is 3.56. The summed E-state index contributed by atoms with van der Waals surface area (Å²) in [5, 5.41) is 6.92. The van der Waals surface area contributed by atoms with E-state index in [4.69, 9.17) is 0 Å². The second-order valence-corrected chi connectivity index (χ2v) is 4.29. The van der Waals surface area contributed by atoms with Crippen LogP contribution in [0.15, 0.2) is 30.3 Å². The number of para-hydroxylation sites is 1. The van der Waals surface area contributed by atoms with E-state index in [2.05, 4.69) is 41.0 Å². The number of benzene rings is 1. The molecule has 1 aliphatic rings. The van der Waals surface area contributed by atoms with Crippen molar-refractivity contribution in [3.63, 3.8) is 0 Å². The van der Waals surface area contributed by atoms with E-state index in [1.807, 2.05) is 0 Å². The Bertz CT molecular complexity index is 265. The average molecular weight is 204 g/mol. The molecule has 0 bridgehead atoms. The molecule has 1 aliphatic heterocycles. The fraction of sp³-hybridized carbons (Fsp3) is 0.538. The van der Waals surface area contributed by atoms with Crippen molar-refractivity contribution < 1.29 is 0 Å². The lowest BCUT2D eigenvalue weighted by Gasteiger charge is -2.22. The zero-order valence-corrected chi connectivity index (χ0v) is 9.21. The second-order valence-electron chi connectivity index (χ2n) is 4.29. The van der Waals surface area contributed by atoms with Gasteiger partial charge in [-0.1, -0.05) is 18.2 Å². The van der Waals surface area contributed by atoms with Crippen LogP contribution in [0.4, 0.5) is 5.69 Å². The summed E-state index contributed by atoms with van der Waals surface area (Å²) >= 11 is 0. The summed E-state index contributed by atoms with van der Waals surface area (Å²) in [4.78, 5) is 0. The summed E-state index contributed by atoms with van der Waals surface area (Å²) in [6.45, 7) is 3.51. The highest BCUT2D eigenvalue weighted by atomic mass is 14.9. The van der Waals surface area contributed by atoms with E-state index >= 15 is 0 Å². The predicted molar refractivity (Wildman–Crippen MR) is 65.1 cm³/mol. The Morgan fingerprint density at radius 1 is 1.27 bits per heavy atom. The number of piperidine rings is 1. The lowest BCUT2D eigenvalue weighted by Crippen LogP contribution is -2.30. The van der Waals surface area contributed by atoms with E-state index in [9.17, 15) is 0 Å². The molecule has 1 unspecified atom stereocenters. The largest absolute Gasteiger partial charge is 0.385 e. The normalized spacial score (nSPS) is 21.2. The number of hydrogen-bond acceptors (Lipinski definition) is 2.